The Bertz CT molecular complexity index is 472. The molecule has 0 amide bonds. The maximum atomic E-state index is 5.90. The van der Waals surface area contributed by atoms with E-state index in [0.717, 1.165) is 28.6 Å². The molecule has 1 aromatic carbocycles. The SMILES string of the molecule is CCC(N)c1nnc(CCOc2ccccc2)s1. The smallest absolute Gasteiger partial charge is 0.134 e. The molecule has 1 aromatic heterocycles. The van der Waals surface area contributed by atoms with Crippen LogP contribution < -0.4 is 10.5 Å². The molecule has 2 rings (SSSR count). The molecule has 2 aromatic rings. The highest BCUT2D eigenvalue weighted by Crippen LogP contribution is 2.19. The molecule has 0 spiro atoms. The maximum absolute atomic E-state index is 5.90. The van der Waals surface area contributed by atoms with Gasteiger partial charge in [0.25, 0.3) is 0 Å². The minimum absolute atomic E-state index is 0.00583. The fraction of sp³-hybridized carbons (Fsp3) is 0.385. The fourth-order valence-corrected chi connectivity index (χ4v) is 2.37. The molecule has 5 heteroatoms. The summed E-state index contributed by atoms with van der Waals surface area (Å²) in [5, 5.41) is 10.1. The van der Waals surface area contributed by atoms with E-state index in [0.29, 0.717) is 6.61 Å². The second-order valence-electron chi connectivity index (χ2n) is 3.96. The van der Waals surface area contributed by atoms with Crippen LogP contribution in [0.4, 0.5) is 0 Å². The average molecular weight is 263 g/mol. The number of benzene rings is 1. The molecule has 18 heavy (non-hydrogen) atoms. The standard InChI is InChI=1S/C13H17N3OS/c1-2-11(14)13-16-15-12(18-13)8-9-17-10-6-4-3-5-7-10/h3-7,11H,2,8-9,14H2,1H3. The van der Waals surface area contributed by atoms with E-state index in [1.807, 2.05) is 37.3 Å². The second-order valence-corrected chi connectivity index (χ2v) is 5.05. The molecule has 0 radical (unpaired) electrons. The summed E-state index contributed by atoms with van der Waals surface area (Å²) in [6.45, 7) is 2.66. The lowest BCUT2D eigenvalue weighted by Gasteiger charge is -2.03. The molecule has 0 saturated carbocycles. The third kappa shape index (κ3) is 3.51. The Morgan fingerprint density at radius 1 is 1.28 bits per heavy atom. The van der Waals surface area contributed by atoms with E-state index in [-0.39, 0.29) is 6.04 Å². The summed E-state index contributed by atoms with van der Waals surface area (Å²) in [6, 6.07) is 9.77. The summed E-state index contributed by atoms with van der Waals surface area (Å²) in [7, 11) is 0. The van der Waals surface area contributed by atoms with Crippen molar-refractivity contribution in [1.29, 1.82) is 0 Å². The molecule has 1 atom stereocenters. The zero-order valence-corrected chi connectivity index (χ0v) is 11.2. The molecule has 0 saturated heterocycles. The Hall–Kier alpha value is -1.46. The Kier molecular flexibility index (Phi) is 4.66. The van der Waals surface area contributed by atoms with Gasteiger partial charge < -0.3 is 10.5 Å². The molecule has 0 aliphatic heterocycles. The summed E-state index contributed by atoms with van der Waals surface area (Å²) < 4.78 is 5.61. The van der Waals surface area contributed by atoms with E-state index < -0.39 is 0 Å². The fourth-order valence-electron chi connectivity index (χ4n) is 1.46. The van der Waals surface area contributed by atoms with Gasteiger partial charge in [-0.3, -0.25) is 0 Å². The van der Waals surface area contributed by atoms with E-state index in [4.69, 9.17) is 10.5 Å². The quantitative estimate of drug-likeness (QED) is 0.870. The van der Waals surface area contributed by atoms with Gasteiger partial charge in [0.2, 0.25) is 0 Å². The topological polar surface area (TPSA) is 61.0 Å². The van der Waals surface area contributed by atoms with Gasteiger partial charge in [-0.25, -0.2) is 0 Å². The van der Waals surface area contributed by atoms with E-state index >= 15 is 0 Å². The van der Waals surface area contributed by atoms with Crippen LogP contribution >= 0.6 is 11.3 Å². The van der Waals surface area contributed by atoms with Crippen molar-refractivity contribution in [2.24, 2.45) is 5.73 Å². The molecule has 0 bridgehead atoms. The number of aromatic nitrogens is 2. The van der Waals surface area contributed by atoms with Crippen LogP contribution in [0.25, 0.3) is 0 Å². The zero-order valence-electron chi connectivity index (χ0n) is 10.4. The van der Waals surface area contributed by atoms with E-state index in [1.165, 1.54) is 0 Å². The summed E-state index contributed by atoms with van der Waals surface area (Å²) in [5.74, 6) is 0.882. The van der Waals surface area contributed by atoms with Crippen molar-refractivity contribution in [1.82, 2.24) is 10.2 Å². The lowest BCUT2D eigenvalue weighted by atomic mass is 10.3. The normalized spacial score (nSPS) is 12.3. The first kappa shape index (κ1) is 13.0. The number of nitrogens with zero attached hydrogens (tertiary/aromatic N) is 2. The summed E-state index contributed by atoms with van der Waals surface area (Å²) in [6.07, 6.45) is 1.65. The number of hydrogen-bond acceptors (Lipinski definition) is 5. The molecular weight excluding hydrogens is 246 g/mol. The first-order chi connectivity index (χ1) is 8.79. The van der Waals surface area contributed by atoms with Crippen molar-refractivity contribution in [3.05, 3.63) is 40.3 Å². The molecule has 0 fully saturated rings. The summed E-state index contributed by atoms with van der Waals surface area (Å²) in [4.78, 5) is 0. The van der Waals surface area contributed by atoms with Crippen molar-refractivity contribution >= 4 is 11.3 Å². The van der Waals surface area contributed by atoms with Gasteiger partial charge in [0.15, 0.2) is 0 Å². The highest BCUT2D eigenvalue weighted by Gasteiger charge is 2.10. The first-order valence-corrected chi connectivity index (χ1v) is 6.87. The van der Waals surface area contributed by atoms with Crippen LogP contribution in [0.2, 0.25) is 0 Å². The lowest BCUT2D eigenvalue weighted by molar-refractivity contribution is 0.321. The van der Waals surface area contributed by atoms with Crippen LogP contribution in [0, 0.1) is 0 Å². The van der Waals surface area contributed by atoms with Crippen molar-refractivity contribution in [3.8, 4) is 5.75 Å². The molecule has 1 unspecified atom stereocenters. The van der Waals surface area contributed by atoms with Gasteiger partial charge in [-0.15, -0.1) is 10.2 Å². The molecular formula is C13H17N3OS. The summed E-state index contributed by atoms with van der Waals surface area (Å²) >= 11 is 1.57. The van der Waals surface area contributed by atoms with Crippen molar-refractivity contribution in [2.45, 2.75) is 25.8 Å². The van der Waals surface area contributed by atoms with Crippen LogP contribution in [0.15, 0.2) is 30.3 Å². The maximum Gasteiger partial charge on any atom is 0.134 e. The van der Waals surface area contributed by atoms with Crippen molar-refractivity contribution in [3.63, 3.8) is 0 Å². The molecule has 96 valence electrons. The minimum atomic E-state index is 0.00583. The van der Waals surface area contributed by atoms with E-state index in [9.17, 15) is 0 Å². The van der Waals surface area contributed by atoms with Gasteiger partial charge in [0.1, 0.15) is 15.8 Å². The number of para-hydroxylation sites is 1. The third-order valence-corrected chi connectivity index (χ3v) is 3.68. The molecule has 4 nitrogen and oxygen atoms in total. The molecule has 0 aliphatic rings. The van der Waals surface area contributed by atoms with E-state index in [1.54, 1.807) is 11.3 Å². The monoisotopic (exact) mass is 263 g/mol. The largest absolute Gasteiger partial charge is 0.493 e. The van der Waals surface area contributed by atoms with Gasteiger partial charge in [-0.1, -0.05) is 36.5 Å². The minimum Gasteiger partial charge on any atom is -0.493 e. The lowest BCUT2D eigenvalue weighted by Crippen LogP contribution is -2.07. The number of ether oxygens (including phenoxy) is 1. The average Bonchev–Trinajstić information content (AvgIpc) is 2.88. The molecule has 0 aliphatic carbocycles. The van der Waals surface area contributed by atoms with Crippen LogP contribution in [0.5, 0.6) is 5.75 Å². The molecule has 2 N–H and O–H groups in total. The Morgan fingerprint density at radius 2 is 2.06 bits per heavy atom. The Morgan fingerprint density at radius 3 is 2.78 bits per heavy atom. The molecule has 1 heterocycles. The summed E-state index contributed by atoms with van der Waals surface area (Å²) in [5.41, 5.74) is 5.90. The highest BCUT2D eigenvalue weighted by molar-refractivity contribution is 7.11. The first-order valence-electron chi connectivity index (χ1n) is 6.05. The number of rotatable bonds is 6. The van der Waals surface area contributed by atoms with Crippen LogP contribution in [0.3, 0.4) is 0 Å². The van der Waals surface area contributed by atoms with Crippen molar-refractivity contribution < 1.29 is 4.74 Å². The third-order valence-electron chi connectivity index (χ3n) is 2.57. The predicted molar refractivity (Wildman–Crippen MR) is 72.8 cm³/mol. The van der Waals surface area contributed by atoms with Crippen LogP contribution in [-0.4, -0.2) is 16.8 Å². The van der Waals surface area contributed by atoms with Gasteiger partial charge in [-0.05, 0) is 18.6 Å². The highest BCUT2D eigenvalue weighted by atomic mass is 32.1. The Labute approximate surface area is 111 Å². The van der Waals surface area contributed by atoms with Gasteiger partial charge in [-0.2, -0.15) is 0 Å². The Balaban J connectivity index is 1.82. The van der Waals surface area contributed by atoms with Gasteiger partial charge in [0.05, 0.1) is 12.6 Å². The van der Waals surface area contributed by atoms with E-state index in [2.05, 4.69) is 10.2 Å². The van der Waals surface area contributed by atoms with Gasteiger partial charge >= 0.3 is 0 Å². The zero-order chi connectivity index (χ0) is 12.8. The predicted octanol–water partition coefficient (Wildman–Crippen LogP) is 2.57. The number of hydrogen-bond donors (Lipinski definition) is 1. The van der Waals surface area contributed by atoms with Gasteiger partial charge in [0, 0.05) is 6.42 Å². The second kappa shape index (κ2) is 6.47. The van der Waals surface area contributed by atoms with Crippen LogP contribution in [0.1, 0.15) is 29.4 Å². The van der Waals surface area contributed by atoms with Crippen molar-refractivity contribution in [2.75, 3.05) is 6.61 Å². The number of nitrogens with two attached hydrogens (primary N) is 1. The van der Waals surface area contributed by atoms with Crippen LogP contribution in [-0.2, 0) is 6.42 Å².